The van der Waals surface area contributed by atoms with Crippen molar-refractivity contribution in [2.24, 2.45) is 11.7 Å². The molecule has 18 heavy (non-hydrogen) atoms. The number of nitrogens with two attached hydrogens (primary N) is 1. The van der Waals surface area contributed by atoms with Gasteiger partial charge in [-0.05, 0) is 49.8 Å². The van der Waals surface area contributed by atoms with Gasteiger partial charge in [0.05, 0.1) is 0 Å². The van der Waals surface area contributed by atoms with E-state index in [4.69, 9.17) is 5.73 Å². The molecule has 1 aromatic carbocycles. The molecular weight excluding hydrogens is 288 g/mol. The molecule has 1 aromatic rings. The first-order chi connectivity index (χ1) is 8.60. The molecule has 0 amide bonds. The zero-order valence-electron chi connectivity index (χ0n) is 11.3. The van der Waals surface area contributed by atoms with Crippen LogP contribution < -0.4 is 5.73 Å². The Bertz CT molecular complexity index is 399. The van der Waals surface area contributed by atoms with Crippen LogP contribution in [0.4, 0.5) is 0 Å². The van der Waals surface area contributed by atoms with Crippen molar-refractivity contribution in [1.29, 1.82) is 0 Å². The summed E-state index contributed by atoms with van der Waals surface area (Å²) in [6.07, 6.45) is 2.83. The summed E-state index contributed by atoms with van der Waals surface area (Å²) in [5.74, 6) is 0.939. The molecule has 2 nitrogen and oxygen atoms in total. The third-order valence-corrected chi connectivity index (χ3v) is 4.38. The molecular formula is C15H23BrN2. The average Bonchev–Trinajstić information content (AvgIpc) is 3.14. The van der Waals surface area contributed by atoms with Crippen LogP contribution >= 0.6 is 15.9 Å². The summed E-state index contributed by atoms with van der Waals surface area (Å²) in [5.41, 5.74) is 8.21. The maximum absolute atomic E-state index is 5.66. The Labute approximate surface area is 119 Å². The van der Waals surface area contributed by atoms with E-state index in [1.165, 1.54) is 35.0 Å². The quantitative estimate of drug-likeness (QED) is 0.871. The van der Waals surface area contributed by atoms with Gasteiger partial charge >= 0.3 is 0 Å². The summed E-state index contributed by atoms with van der Waals surface area (Å²) in [6.45, 7) is 7.44. The van der Waals surface area contributed by atoms with Gasteiger partial charge in [0.1, 0.15) is 0 Å². The van der Waals surface area contributed by atoms with Crippen molar-refractivity contribution in [2.75, 3.05) is 6.54 Å². The highest BCUT2D eigenvalue weighted by Crippen LogP contribution is 2.31. The Morgan fingerprint density at radius 2 is 2.11 bits per heavy atom. The van der Waals surface area contributed by atoms with Gasteiger partial charge in [0.15, 0.2) is 0 Å². The minimum absolute atomic E-state index is 0.603. The fourth-order valence-corrected chi connectivity index (χ4v) is 2.71. The fraction of sp³-hybridized carbons (Fsp3) is 0.600. The summed E-state index contributed by atoms with van der Waals surface area (Å²) < 4.78 is 1.19. The van der Waals surface area contributed by atoms with Crippen molar-refractivity contribution >= 4 is 15.9 Å². The van der Waals surface area contributed by atoms with E-state index in [0.29, 0.717) is 12.6 Å². The van der Waals surface area contributed by atoms with Crippen molar-refractivity contribution < 1.29 is 0 Å². The third-order valence-electron chi connectivity index (χ3n) is 3.65. The van der Waals surface area contributed by atoms with Gasteiger partial charge in [0, 0.05) is 30.1 Å². The Morgan fingerprint density at radius 3 is 2.61 bits per heavy atom. The molecule has 3 heteroatoms. The molecule has 0 heterocycles. The van der Waals surface area contributed by atoms with Crippen LogP contribution in [0, 0.1) is 5.92 Å². The molecule has 0 atom stereocenters. The molecule has 0 spiro atoms. The van der Waals surface area contributed by atoms with Gasteiger partial charge in [-0.2, -0.15) is 0 Å². The van der Waals surface area contributed by atoms with Crippen molar-refractivity contribution in [1.82, 2.24) is 4.90 Å². The van der Waals surface area contributed by atoms with Crippen LogP contribution in [0.1, 0.15) is 37.8 Å². The first-order valence-corrected chi connectivity index (χ1v) is 7.61. The number of benzene rings is 1. The lowest BCUT2D eigenvalue weighted by atomic mass is 10.1. The first-order valence-electron chi connectivity index (χ1n) is 6.81. The molecule has 100 valence electrons. The lowest BCUT2D eigenvalue weighted by Crippen LogP contribution is -2.32. The summed E-state index contributed by atoms with van der Waals surface area (Å²) in [7, 11) is 0. The van der Waals surface area contributed by atoms with Crippen LogP contribution in [-0.2, 0) is 13.1 Å². The maximum atomic E-state index is 5.66. The van der Waals surface area contributed by atoms with E-state index in [2.05, 4.69) is 52.9 Å². The van der Waals surface area contributed by atoms with Crippen LogP contribution in [0.15, 0.2) is 22.7 Å². The van der Waals surface area contributed by atoms with Gasteiger partial charge < -0.3 is 5.73 Å². The smallest absolute Gasteiger partial charge is 0.0247 e. The molecule has 1 fully saturated rings. The van der Waals surface area contributed by atoms with E-state index in [0.717, 1.165) is 12.5 Å². The molecule has 0 saturated heterocycles. The highest BCUT2D eigenvalue weighted by atomic mass is 79.9. The van der Waals surface area contributed by atoms with Gasteiger partial charge in [-0.15, -0.1) is 0 Å². The Balaban J connectivity index is 2.05. The second-order valence-corrected chi connectivity index (χ2v) is 6.45. The summed E-state index contributed by atoms with van der Waals surface area (Å²) >= 11 is 3.67. The molecule has 1 aliphatic carbocycles. The number of hydrogen-bond donors (Lipinski definition) is 1. The highest BCUT2D eigenvalue weighted by Gasteiger charge is 2.25. The van der Waals surface area contributed by atoms with Crippen molar-refractivity contribution in [3.8, 4) is 0 Å². The molecule has 2 N–H and O–H groups in total. The van der Waals surface area contributed by atoms with Gasteiger partial charge in [-0.3, -0.25) is 4.90 Å². The topological polar surface area (TPSA) is 29.3 Å². The average molecular weight is 311 g/mol. The van der Waals surface area contributed by atoms with Crippen LogP contribution in [-0.4, -0.2) is 17.5 Å². The zero-order chi connectivity index (χ0) is 13.1. The lowest BCUT2D eigenvalue weighted by Gasteiger charge is -2.27. The number of rotatable bonds is 6. The molecule has 0 radical (unpaired) electrons. The highest BCUT2D eigenvalue weighted by molar-refractivity contribution is 9.10. The largest absolute Gasteiger partial charge is 0.326 e. The van der Waals surface area contributed by atoms with Crippen molar-refractivity contribution in [3.63, 3.8) is 0 Å². The summed E-state index contributed by atoms with van der Waals surface area (Å²) in [5, 5.41) is 0. The monoisotopic (exact) mass is 310 g/mol. The van der Waals surface area contributed by atoms with Crippen LogP contribution in [0.25, 0.3) is 0 Å². The van der Waals surface area contributed by atoms with E-state index in [1.807, 2.05) is 0 Å². The first kappa shape index (κ1) is 14.0. The molecule has 0 aliphatic heterocycles. The predicted octanol–water partition coefficient (Wildman–Crippen LogP) is 3.53. The lowest BCUT2D eigenvalue weighted by molar-refractivity contribution is 0.203. The summed E-state index contributed by atoms with van der Waals surface area (Å²) in [6, 6.07) is 7.08. The standard InChI is InChI=1S/C15H23BrN2/c1-11(2)18(9-12-3-4-12)10-14-6-5-13(8-17)7-15(14)16/h5-7,11-12H,3-4,8-10,17H2,1-2H3. The molecule has 2 rings (SSSR count). The molecule has 1 aliphatic rings. The Kier molecular flexibility index (Phi) is 4.82. The van der Waals surface area contributed by atoms with E-state index < -0.39 is 0 Å². The minimum atomic E-state index is 0.603. The van der Waals surface area contributed by atoms with Crippen LogP contribution in [0.2, 0.25) is 0 Å². The Morgan fingerprint density at radius 1 is 1.39 bits per heavy atom. The number of hydrogen-bond acceptors (Lipinski definition) is 2. The Hall–Kier alpha value is -0.380. The third kappa shape index (κ3) is 3.81. The summed E-state index contributed by atoms with van der Waals surface area (Å²) in [4.78, 5) is 2.57. The van der Waals surface area contributed by atoms with Crippen LogP contribution in [0.3, 0.4) is 0 Å². The minimum Gasteiger partial charge on any atom is -0.326 e. The van der Waals surface area contributed by atoms with Gasteiger partial charge in [-0.1, -0.05) is 28.1 Å². The van der Waals surface area contributed by atoms with Crippen molar-refractivity contribution in [3.05, 3.63) is 33.8 Å². The SMILES string of the molecule is CC(C)N(Cc1ccc(CN)cc1Br)CC1CC1. The number of halogens is 1. The van der Waals surface area contributed by atoms with E-state index in [1.54, 1.807) is 0 Å². The second-order valence-electron chi connectivity index (χ2n) is 5.60. The molecule has 0 unspecified atom stereocenters. The number of nitrogens with zero attached hydrogens (tertiary/aromatic N) is 1. The maximum Gasteiger partial charge on any atom is 0.0247 e. The molecule has 1 saturated carbocycles. The van der Waals surface area contributed by atoms with Gasteiger partial charge in [0.25, 0.3) is 0 Å². The predicted molar refractivity (Wildman–Crippen MR) is 80.3 cm³/mol. The second kappa shape index (κ2) is 6.18. The van der Waals surface area contributed by atoms with E-state index >= 15 is 0 Å². The molecule has 0 bridgehead atoms. The van der Waals surface area contributed by atoms with Gasteiger partial charge in [0.2, 0.25) is 0 Å². The van der Waals surface area contributed by atoms with E-state index in [-0.39, 0.29) is 0 Å². The van der Waals surface area contributed by atoms with Crippen LogP contribution in [0.5, 0.6) is 0 Å². The molecule has 0 aromatic heterocycles. The van der Waals surface area contributed by atoms with E-state index in [9.17, 15) is 0 Å². The fourth-order valence-electron chi connectivity index (χ4n) is 2.15. The van der Waals surface area contributed by atoms with Gasteiger partial charge in [-0.25, -0.2) is 0 Å². The zero-order valence-corrected chi connectivity index (χ0v) is 12.9. The van der Waals surface area contributed by atoms with Crippen molar-refractivity contribution in [2.45, 2.75) is 45.8 Å². The normalized spacial score (nSPS) is 15.7.